The topological polar surface area (TPSA) is 81.3 Å². The number of hydrogen-bond acceptors (Lipinski definition) is 4. The third-order valence-corrected chi connectivity index (χ3v) is 3.40. The molecule has 0 aliphatic rings. The number of nitrogens with zero attached hydrogens (tertiary/aromatic N) is 2. The van der Waals surface area contributed by atoms with Crippen LogP contribution in [0.4, 0.5) is 0 Å². The van der Waals surface area contributed by atoms with E-state index in [1.807, 2.05) is 30.3 Å². The predicted molar refractivity (Wildman–Crippen MR) is 77.7 cm³/mol. The molecule has 0 unspecified atom stereocenters. The Labute approximate surface area is 120 Å². The zero-order valence-corrected chi connectivity index (χ0v) is 11.9. The number of ketones is 1. The smallest absolute Gasteiger partial charge is 0.333 e. The average molecular weight is 288 g/mol. The molecule has 0 fully saturated rings. The summed E-state index contributed by atoms with van der Waals surface area (Å²) in [6, 6.07) is 9.36. The first-order valence-corrected chi connectivity index (χ1v) is 6.49. The Balaban J connectivity index is 2.32. The normalized spacial score (nSPS) is 10.6. The molecule has 6 heteroatoms. The molecule has 1 aromatic heterocycles. The van der Waals surface area contributed by atoms with Crippen LogP contribution in [-0.4, -0.2) is 20.0 Å². The maximum atomic E-state index is 12.2. The zero-order chi connectivity index (χ0) is 15.6. The van der Waals surface area contributed by atoms with Gasteiger partial charge >= 0.3 is 5.69 Å². The van der Waals surface area contributed by atoms with E-state index in [0.29, 0.717) is 6.42 Å². The quantitative estimate of drug-likeness (QED) is 0.836. The van der Waals surface area contributed by atoms with Crippen LogP contribution in [0.5, 0.6) is 5.88 Å². The Morgan fingerprint density at radius 1 is 1.10 bits per heavy atom. The van der Waals surface area contributed by atoms with Gasteiger partial charge in [-0.1, -0.05) is 30.3 Å². The minimum Gasteiger partial charge on any atom is -0.494 e. The molecule has 1 aromatic carbocycles. The molecular formula is C15H16N2O4. The lowest BCUT2D eigenvalue weighted by molar-refractivity contribution is 0.0976. The number of carbonyl (C=O) groups is 1. The molecule has 0 spiro atoms. The molecule has 0 bridgehead atoms. The van der Waals surface area contributed by atoms with Crippen LogP contribution in [0.1, 0.15) is 22.3 Å². The number of benzene rings is 1. The Morgan fingerprint density at radius 3 is 2.33 bits per heavy atom. The van der Waals surface area contributed by atoms with Crippen molar-refractivity contribution in [2.24, 2.45) is 14.1 Å². The van der Waals surface area contributed by atoms with E-state index in [-0.39, 0.29) is 12.0 Å². The second kappa shape index (κ2) is 5.78. The van der Waals surface area contributed by atoms with Crippen LogP contribution in [0.3, 0.4) is 0 Å². The maximum absolute atomic E-state index is 12.2. The van der Waals surface area contributed by atoms with Crippen LogP contribution >= 0.6 is 0 Å². The fraction of sp³-hybridized carbons (Fsp3) is 0.267. The van der Waals surface area contributed by atoms with Crippen molar-refractivity contribution < 1.29 is 9.90 Å². The van der Waals surface area contributed by atoms with Crippen LogP contribution in [0.25, 0.3) is 0 Å². The highest BCUT2D eigenvalue weighted by molar-refractivity contribution is 5.97. The highest BCUT2D eigenvalue weighted by Gasteiger charge is 2.21. The zero-order valence-electron chi connectivity index (χ0n) is 11.9. The summed E-state index contributed by atoms with van der Waals surface area (Å²) in [5, 5.41) is 9.88. The SMILES string of the molecule is Cn1c(O)c(C(=O)CCc2ccccc2)c(=O)n(C)c1=O. The number of rotatable bonds is 4. The molecule has 2 rings (SSSR count). The number of Topliss-reactive ketones (excluding diaryl/α,β-unsaturated/α-hetero) is 1. The Morgan fingerprint density at radius 2 is 1.71 bits per heavy atom. The summed E-state index contributed by atoms with van der Waals surface area (Å²) in [7, 11) is 2.59. The summed E-state index contributed by atoms with van der Waals surface area (Å²) >= 11 is 0. The van der Waals surface area contributed by atoms with Crippen molar-refractivity contribution in [1.29, 1.82) is 0 Å². The largest absolute Gasteiger partial charge is 0.494 e. The number of hydrogen-bond donors (Lipinski definition) is 1. The maximum Gasteiger partial charge on any atom is 0.333 e. The van der Waals surface area contributed by atoms with E-state index < -0.39 is 22.9 Å². The fourth-order valence-electron chi connectivity index (χ4n) is 2.11. The molecule has 1 heterocycles. The summed E-state index contributed by atoms with van der Waals surface area (Å²) in [6.45, 7) is 0. The minimum absolute atomic E-state index is 0.0883. The first kappa shape index (κ1) is 14.8. The average Bonchev–Trinajstić information content (AvgIpc) is 2.50. The third-order valence-electron chi connectivity index (χ3n) is 3.40. The van der Waals surface area contributed by atoms with Crippen molar-refractivity contribution >= 4 is 5.78 Å². The van der Waals surface area contributed by atoms with Gasteiger partial charge in [-0.2, -0.15) is 0 Å². The van der Waals surface area contributed by atoms with Crippen LogP contribution in [0.2, 0.25) is 0 Å². The molecule has 110 valence electrons. The van der Waals surface area contributed by atoms with E-state index in [4.69, 9.17) is 0 Å². The van der Waals surface area contributed by atoms with Gasteiger partial charge < -0.3 is 5.11 Å². The highest BCUT2D eigenvalue weighted by Crippen LogP contribution is 2.13. The van der Waals surface area contributed by atoms with E-state index in [0.717, 1.165) is 14.7 Å². The van der Waals surface area contributed by atoms with E-state index >= 15 is 0 Å². The first-order valence-electron chi connectivity index (χ1n) is 6.49. The van der Waals surface area contributed by atoms with E-state index in [1.165, 1.54) is 14.1 Å². The van der Waals surface area contributed by atoms with Gasteiger partial charge in [0.2, 0.25) is 5.88 Å². The second-order valence-electron chi connectivity index (χ2n) is 4.81. The first-order chi connectivity index (χ1) is 9.93. The van der Waals surface area contributed by atoms with Gasteiger partial charge in [0.25, 0.3) is 5.56 Å². The molecule has 0 amide bonds. The van der Waals surface area contributed by atoms with Gasteiger partial charge in [-0.25, -0.2) is 4.79 Å². The molecule has 1 N–H and O–H groups in total. The Bertz CT molecular complexity index is 788. The minimum atomic E-state index is -0.770. The van der Waals surface area contributed by atoms with Gasteiger partial charge in [-0.3, -0.25) is 18.7 Å². The van der Waals surface area contributed by atoms with Gasteiger partial charge in [0.05, 0.1) is 0 Å². The van der Waals surface area contributed by atoms with Gasteiger partial charge in [-0.15, -0.1) is 0 Å². The van der Waals surface area contributed by atoms with E-state index in [9.17, 15) is 19.5 Å². The predicted octanol–water partition coefficient (Wildman–Crippen LogP) is 0.605. The Hall–Kier alpha value is -2.63. The van der Waals surface area contributed by atoms with E-state index in [1.54, 1.807) is 0 Å². The van der Waals surface area contributed by atoms with Crippen molar-refractivity contribution in [3.63, 3.8) is 0 Å². The summed E-state index contributed by atoms with van der Waals surface area (Å²) in [5.41, 5.74) is -0.812. The fourth-order valence-corrected chi connectivity index (χ4v) is 2.11. The van der Waals surface area contributed by atoms with Crippen molar-refractivity contribution in [2.45, 2.75) is 12.8 Å². The molecule has 0 radical (unpaired) electrons. The Kier molecular flexibility index (Phi) is 4.07. The summed E-state index contributed by atoms with van der Waals surface area (Å²) < 4.78 is 1.70. The van der Waals surface area contributed by atoms with Gasteiger partial charge in [-0.05, 0) is 12.0 Å². The third kappa shape index (κ3) is 2.79. The molecule has 0 saturated carbocycles. The molecule has 0 atom stereocenters. The summed E-state index contributed by atoms with van der Waals surface area (Å²) in [6.07, 6.45) is 0.552. The lowest BCUT2D eigenvalue weighted by atomic mass is 10.0. The monoisotopic (exact) mass is 288 g/mol. The molecule has 21 heavy (non-hydrogen) atoms. The molecule has 0 aliphatic carbocycles. The molecular weight excluding hydrogens is 272 g/mol. The van der Waals surface area contributed by atoms with Crippen LogP contribution < -0.4 is 11.2 Å². The van der Waals surface area contributed by atoms with E-state index in [2.05, 4.69) is 0 Å². The van der Waals surface area contributed by atoms with Gasteiger partial charge in [0.1, 0.15) is 5.56 Å². The van der Waals surface area contributed by atoms with Crippen molar-refractivity contribution in [3.8, 4) is 5.88 Å². The lowest BCUT2D eigenvalue weighted by Gasteiger charge is -2.09. The molecule has 2 aromatic rings. The summed E-state index contributed by atoms with van der Waals surface area (Å²) in [5.74, 6) is -1.06. The highest BCUT2D eigenvalue weighted by atomic mass is 16.3. The molecule has 0 saturated heterocycles. The van der Waals surface area contributed by atoms with Crippen LogP contribution in [0.15, 0.2) is 39.9 Å². The number of aromatic hydroxyl groups is 1. The number of aromatic nitrogens is 2. The number of carbonyl (C=O) groups excluding carboxylic acids is 1. The van der Waals surface area contributed by atoms with Gasteiger partial charge in [0, 0.05) is 20.5 Å². The number of aryl methyl sites for hydroxylation is 1. The van der Waals surface area contributed by atoms with Crippen LogP contribution in [-0.2, 0) is 20.5 Å². The van der Waals surface area contributed by atoms with Gasteiger partial charge in [0.15, 0.2) is 5.78 Å². The summed E-state index contributed by atoms with van der Waals surface area (Å²) in [4.78, 5) is 35.8. The molecule has 0 aliphatic heterocycles. The van der Waals surface area contributed by atoms with Crippen molar-refractivity contribution in [3.05, 3.63) is 62.3 Å². The lowest BCUT2D eigenvalue weighted by Crippen LogP contribution is -2.40. The van der Waals surface area contributed by atoms with Crippen molar-refractivity contribution in [1.82, 2.24) is 9.13 Å². The van der Waals surface area contributed by atoms with Crippen LogP contribution in [0, 0.1) is 0 Å². The molecule has 6 nitrogen and oxygen atoms in total. The van der Waals surface area contributed by atoms with Crippen molar-refractivity contribution in [2.75, 3.05) is 0 Å². The standard InChI is InChI=1S/C15H16N2O4/c1-16-13(19)12(14(20)17(2)15(16)21)11(18)9-8-10-6-4-3-5-7-10/h3-7,19H,8-9H2,1-2H3. The second-order valence-corrected chi connectivity index (χ2v) is 4.81.